The minimum absolute atomic E-state index is 0.164. The van der Waals surface area contributed by atoms with Crippen LogP contribution in [0.25, 0.3) is 0 Å². The molecule has 2 aromatic carbocycles. The van der Waals surface area contributed by atoms with Gasteiger partial charge in [-0.15, -0.1) is 0 Å². The minimum atomic E-state index is -0.164. The number of methoxy groups -OCH3 is 1. The van der Waals surface area contributed by atoms with Crippen molar-refractivity contribution in [1.29, 1.82) is 0 Å². The molecule has 0 aromatic heterocycles. The van der Waals surface area contributed by atoms with Crippen LogP contribution in [0.2, 0.25) is 0 Å². The van der Waals surface area contributed by atoms with E-state index >= 15 is 0 Å². The first-order chi connectivity index (χ1) is 10.1. The molecule has 21 heavy (non-hydrogen) atoms. The molecule has 0 saturated carbocycles. The van der Waals surface area contributed by atoms with Crippen molar-refractivity contribution in [3.8, 4) is 5.75 Å². The third-order valence-electron chi connectivity index (χ3n) is 3.69. The highest BCUT2D eigenvalue weighted by Gasteiger charge is 2.07. The van der Waals surface area contributed by atoms with Crippen molar-refractivity contribution in [1.82, 2.24) is 0 Å². The SMILES string of the molecule is COc1ccc(CCC(C)Nc2cccc(F)c2C)cc1. The van der Waals surface area contributed by atoms with E-state index in [4.69, 9.17) is 4.74 Å². The number of hydrogen-bond donors (Lipinski definition) is 1. The van der Waals surface area contributed by atoms with Crippen LogP contribution in [0.4, 0.5) is 10.1 Å². The molecule has 1 atom stereocenters. The van der Waals surface area contributed by atoms with Crippen molar-refractivity contribution in [3.05, 3.63) is 59.4 Å². The Kier molecular flexibility index (Phi) is 5.20. The Morgan fingerprint density at radius 3 is 2.52 bits per heavy atom. The standard InChI is InChI=1S/C18H22FNO/c1-13(20-18-6-4-5-17(19)14(18)2)7-8-15-9-11-16(21-3)12-10-15/h4-6,9-13,20H,7-8H2,1-3H3. The zero-order valence-electron chi connectivity index (χ0n) is 12.8. The van der Waals surface area contributed by atoms with Gasteiger partial charge < -0.3 is 10.1 Å². The zero-order chi connectivity index (χ0) is 15.2. The van der Waals surface area contributed by atoms with Gasteiger partial charge in [-0.3, -0.25) is 0 Å². The summed E-state index contributed by atoms with van der Waals surface area (Å²) in [6.07, 6.45) is 1.97. The topological polar surface area (TPSA) is 21.3 Å². The summed E-state index contributed by atoms with van der Waals surface area (Å²) in [6.45, 7) is 3.92. The number of ether oxygens (including phenoxy) is 1. The lowest BCUT2D eigenvalue weighted by Gasteiger charge is -2.17. The second kappa shape index (κ2) is 7.11. The molecule has 0 radical (unpaired) electrons. The largest absolute Gasteiger partial charge is 0.497 e. The van der Waals surface area contributed by atoms with Gasteiger partial charge in [-0.05, 0) is 56.5 Å². The molecule has 1 unspecified atom stereocenters. The highest BCUT2D eigenvalue weighted by Crippen LogP contribution is 2.20. The average Bonchev–Trinajstić information content (AvgIpc) is 2.50. The molecule has 1 N–H and O–H groups in total. The van der Waals surface area contributed by atoms with E-state index in [-0.39, 0.29) is 11.9 Å². The van der Waals surface area contributed by atoms with Gasteiger partial charge in [0.1, 0.15) is 11.6 Å². The summed E-state index contributed by atoms with van der Waals surface area (Å²) in [5.41, 5.74) is 2.83. The van der Waals surface area contributed by atoms with E-state index in [0.29, 0.717) is 5.56 Å². The fourth-order valence-corrected chi connectivity index (χ4v) is 2.28. The molecule has 0 aliphatic heterocycles. The lowest BCUT2D eigenvalue weighted by molar-refractivity contribution is 0.414. The van der Waals surface area contributed by atoms with E-state index in [2.05, 4.69) is 24.4 Å². The third-order valence-corrected chi connectivity index (χ3v) is 3.69. The molecule has 0 amide bonds. The smallest absolute Gasteiger partial charge is 0.128 e. The van der Waals surface area contributed by atoms with Gasteiger partial charge in [0.15, 0.2) is 0 Å². The molecular weight excluding hydrogens is 265 g/mol. The Labute approximate surface area is 126 Å². The first-order valence-electron chi connectivity index (χ1n) is 7.24. The van der Waals surface area contributed by atoms with Crippen LogP contribution in [0.3, 0.4) is 0 Å². The molecule has 112 valence electrons. The molecule has 2 rings (SSSR count). The summed E-state index contributed by atoms with van der Waals surface area (Å²) in [7, 11) is 1.67. The lowest BCUT2D eigenvalue weighted by atomic mass is 10.1. The first kappa shape index (κ1) is 15.4. The number of benzene rings is 2. The minimum Gasteiger partial charge on any atom is -0.497 e. The van der Waals surface area contributed by atoms with Crippen molar-refractivity contribution < 1.29 is 9.13 Å². The molecule has 0 aliphatic carbocycles. The molecule has 0 bridgehead atoms. The summed E-state index contributed by atoms with van der Waals surface area (Å²) >= 11 is 0. The lowest BCUT2D eigenvalue weighted by Crippen LogP contribution is -2.17. The third kappa shape index (κ3) is 4.22. The molecule has 0 fully saturated rings. The second-order valence-electron chi connectivity index (χ2n) is 5.34. The van der Waals surface area contributed by atoms with Gasteiger partial charge in [0.05, 0.1) is 7.11 Å². The fraction of sp³-hybridized carbons (Fsp3) is 0.333. The normalized spacial score (nSPS) is 12.0. The van der Waals surface area contributed by atoms with Crippen molar-refractivity contribution in [2.75, 3.05) is 12.4 Å². The van der Waals surface area contributed by atoms with Crippen molar-refractivity contribution in [2.45, 2.75) is 32.7 Å². The molecule has 0 aliphatic rings. The molecule has 3 heteroatoms. The summed E-state index contributed by atoms with van der Waals surface area (Å²) in [5, 5.41) is 3.38. The predicted molar refractivity (Wildman–Crippen MR) is 85.5 cm³/mol. The van der Waals surface area contributed by atoms with Crippen LogP contribution in [0, 0.1) is 12.7 Å². The van der Waals surface area contributed by atoms with Crippen molar-refractivity contribution in [3.63, 3.8) is 0 Å². The average molecular weight is 287 g/mol. The van der Waals surface area contributed by atoms with Crippen LogP contribution in [-0.4, -0.2) is 13.2 Å². The molecule has 0 saturated heterocycles. The van der Waals surface area contributed by atoms with Gasteiger partial charge in [-0.2, -0.15) is 0 Å². The Hall–Kier alpha value is -2.03. The number of anilines is 1. The maximum absolute atomic E-state index is 13.5. The van der Waals surface area contributed by atoms with E-state index in [9.17, 15) is 4.39 Å². The monoisotopic (exact) mass is 287 g/mol. The van der Waals surface area contributed by atoms with Crippen LogP contribution in [-0.2, 0) is 6.42 Å². The van der Waals surface area contributed by atoms with Crippen molar-refractivity contribution in [2.24, 2.45) is 0 Å². The van der Waals surface area contributed by atoms with Crippen molar-refractivity contribution >= 4 is 5.69 Å². The number of aryl methyl sites for hydroxylation is 1. The molecule has 0 heterocycles. The molecule has 2 aromatic rings. The molecule has 2 nitrogen and oxygen atoms in total. The van der Waals surface area contributed by atoms with Gasteiger partial charge in [0, 0.05) is 17.3 Å². The van der Waals surface area contributed by atoms with Gasteiger partial charge in [0.25, 0.3) is 0 Å². The van der Waals surface area contributed by atoms with E-state index in [1.54, 1.807) is 20.1 Å². The summed E-state index contributed by atoms with van der Waals surface area (Å²) in [5.74, 6) is 0.711. The Morgan fingerprint density at radius 2 is 1.86 bits per heavy atom. The van der Waals surface area contributed by atoms with Crippen LogP contribution in [0.1, 0.15) is 24.5 Å². The van der Waals surface area contributed by atoms with E-state index < -0.39 is 0 Å². The van der Waals surface area contributed by atoms with Crippen LogP contribution in [0.15, 0.2) is 42.5 Å². The molecular formula is C18H22FNO. The number of halogens is 1. The highest BCUT2D eigenvalue weighted by molar-refractivity contribution is 5.51. The summed E-state index contributed by atoms with van der Waals surface area (Å²) in [4.78, 5) is 0. The Bertz CT molecular complexity index is 580. The second-order valence-corrected chi connectivity index (χ2v) is 5.34. The van der Waals surface area contributed by atoms with E-state index in [1.807, 2.05) is 18.2 Å². The van der Waals surface area contributed by atoms with Gasteiger partial charge in [-0.1, -0.05) is 18.2 Å². The summed E-state index contributed by atoms with van der Waals surface area (Å²) < 4.78 is 18.7. The highest BCUT2D eigenvalue weighted by atomic mass is 19.1. The van der Waals surface area contributed by atoms with Crippen LogP contribution < -0.4 is 10.1 Å². The molecule has 0 spiro atoms. The van der Waals surface area contributed by atoms with E-state index in [0.717, 1.165) is 24.3 Å². The quantitative estimate of drug-likeness (QED) is 0.840. The maximum Gasteiger partial charge on any atom is 0.128 e. The van der Waals surface area contributed by atoms with Crippen LogP contribution >= 0.6 is 0 Å². The number of rotatable bonds is 6. The summed E-state index contributed by atoms with van der Waals surface area (Å²) in [6, 6.07) is 13.5. The van der Waals surface area contributed by atoms with Crippen LogP contribution in [0.5, 0.6) is 5.75 Å². The Morgan fingerprint density at radius 1 is 1.14 bits per heavy atom. The zero-order valence-corrected chi connectivity index (χ0v) is 12.8. The van der Waals surface area contributed by atoms with Gasteiger partial charge >= 0.3 is 0 Å². The van der Waals surface area contributed by atoms with Gasteiger partial charge in [-0.25, -0.2) is 4.39 Å². The first-order valence-corrected chi connectivity index (χ1v) is 7.24. The van der Waals surface area contributed by atoms with E-state index in [1.165, 1.54) is 11.6 Å². The predicted octanol–water partition coefficient (Wildman–Crippen LogP) is 4.58. The van der Waals surface area contributed by atoms with Gasteiger partial charge in [0.2, 0.25) is 0 Å². The number of hydrogen-bond acceptors (Lipinski definition) is 2. The Balaban J connectivity index is 1.89. The fourth-order valence-electron chi connectivity index (χ4n) is 2.28. The maximum atomic E-state index is 13.5. The number of nitrogens with one attached hydrogen (secondary N) is 1.